The number of aliphatic imine (C=N–C) groups is 1. The van der Waals surface area contributed by atoms with Crippen LogP contribution in [0.1, 0.15) is 26.7 Å². The summed E-state index contributed by atoms with van der Waals surface area (Å²) in [6.45, 7) is 4.23. The van der Waals surface area contributed by atoms with Crippen LogP contribution in [0.15, 0.2) is 4.99 Å². The van der Waals surface area contributed by atoms with Gasteiger partial charge in [0, 0.05) is 13.5 Å². The van der Waals surface area contributed by atoms with Gasteiger partial charge in [0.15, 0.2) is 5.96 Å². The van der Waals surface area contributed by atoms with Crippen molar-refractivity contribution in [1.29, 1.82) is 0 Å². The molecule has 0 aromatic carbocycles. The number of primary amides is 1. The number of amides is 1. The number of hydrogen-bond donors (Lipinski definition) is 8. The molecule has 0 aliphatic heterocycles. The minimum Gasteiger partial charge on any atom is -0.480 e. The molecule has 0 aliphatic carbocycles. The summed E-state index contributed by atoms with van der Waals surface area (Å²) in [6.07, 6.45) is 0.396. The highest BCUT2D eigenvalue weighted by molar-refractivity contribution is 5.75. The van der Waals surface area contributed by atoms with Gasteiger partial charge in [-0.15, -0.1) is 0 Å². The number of aliphatic hydroxyl groups is 3. The molecule has 2 unspecified atom stereocenters. The molecule has 0 radical (unpaired) electrons. The predicted molar refractivity (Wildman–Crippen MR) is 109 cm³/mol. The maximum atomic E-state index is 10.2. The van der Waals surface area contributed by atoms with Gasteiger partial charge < -0.3 is 47.8 Å². The first-order chi connectivity index (χ1) is 12.6. The summed E-state index contributed by atoms with van der Waals surface area (Å²) in [6, 6.07) is -0.820. The number of guanidine groups is 1. The molecule has 2 atom stereocenters. The lowest BCUT2D eigenvalue weighted by Gasteiger charge is -2.21. The molecule has 170 valence electrons. The molecule has 1 amide bonds. The first-order valence-electron chi connectivity index (χ1n) is 8.60. The van der Waals surface area contributed by atoms with Crippen molar-refractivity contribution < 1.29 is 34.5 Å². The van der Waals surface area contributed by atoms with Gasteiger partial charge in [0.2, 0.25) is 5.91 Å². The number of carbonyl (C=O) groups is 2. The first-order valence-corrected chi connectivity index (χ1v) is 8.60. The molecule has 12 heteroatoms. The van der Waals surface area contributed by atoms with E-state index in [9.17, 15) is 9.59 Å². The van der Waals surface area contributed by atoms with Crippen LogP contribution in [0.2, 0.25) is 0 Å². The number of rotatable bonds is 8. The van der Waals surface area contributed by atoms with E-state index in [1.165, 1.54) is 13.8 Å². The van der Waals surface area contributed by atoms with Gasteiger partial charge in [-0.25, -0.2) is 0 Å². The van der Waals surface area contributed by atoms with Gasteiger partial charge in [0.25, 0.3) is 0 Å². The fourth-order valence-corrected chi connectivity index (χ4v) is 0.943. The normalized spacial score (nSPS) is 11.8. The number of carbonyl (C=O) groups excluding carboxylic acids is 1. The molecule has 12 nitrogen and oxygen atoms in total. The van der Waals surface area contributed by atoms with Gasteiger partial charge in [-0.2, -0.15) is 0 Å². The summed E-state index contributed by atoms with van der Waals surface area (Å²) in [5, 5.41) is 32.8. The smallest absolute Gasteiger partial charge is 0.320 e. The SMILES string of the molecule is CC(N)=O.CC(O)CO.C[N+](C)(C)CCO.NC(N)=NCCCC(N)C(=O)O. The Labute approximate surface area is 167 Å². The highest BCUT2D eigenvalue weighted by atomic mass is 16.4. The Bertz CT molecular complexity index is 405. The van der Waals surface area contributed by atoms with Crippen LogP contribution in [-0.4, -0.2) is 102 Å². The van der Waals surface area contributed by atoms with E-state index in [2.05, 4.69) is 31.9 Å². The zero-order chi connectivity index (χ0) is 23.3. The maximum absolute atomic E-state index is 10.2. The summed E-state index contributed by atoms with van der Waals surface area (Å²) in [5.41, 5.74) is 19.8. The van der Waals surface area contributed by atoms with E-state index in [1.807, 2.05) is 0 Å². The zero-order valence-corrected chi connectivity index (χ0v) is 17.7. The average molecular weight is 414 g/mol. The number of likely N-dealkylation sites (N-methyl/N-ethyl adjacent to an activating group) is 1. The third kappa shape index (κ3) is 56.4. The Kier molecular flexibility index (Phi) is 25.6. The van der Waals surface area contributed by atoms with Crippen LogP contribution in [0.4, 0.5) is 0 Å². The molecule has 0 saturated heterocycles. The number of quaternary nitrogens is 1. The lowest BCUT2D eigenvalue weighted by Crippen LogP contribution is -2.36. The highest BCUT2D eigenvalue weighted by Crippen LogP contribution is 1.94. The molecule has 0 fully saturated rings. The third-order valence-corrected chi connectivity index (χ3v) is 2.32. The second-order valence-electron chi connectivity index (χ2n) is 6.77. The van der Waals surface area contributed by atoms with E-state index in [-0.39, 0.29) is 25.1 Å². The van der Waals surface area contributed by atoms with Crippen molar-refractivity contribution in [2.75, 3.05) is 47.4 Å². The largest absolute Gasteiger partial charge is 0.480 e. The fraction of sp³-hybridized carbons (Fsp3) is 0.812. The first kappa shape index (κ1) is 33.6. The van der Waals surface area contributed by atoms with Crippen molar-refractivity contribution in [3.05, 3.63) is 0 Å². The third-order valence-electron chi connectivity index (χ3n) is 2.32. The monoisotopic (exact) mass is 413 g/mol. The summed E-state index contributed by atoms with van der Waals surface area (Å²) >= 11 is 0. The topological polar surface area (TPSA) is 232 Å². The van der Waals surface area contributed by atoms with Gasteiger partial charge in [-0.1, -0.05) is 0 Å². The van der Waals surface area contributed by atoms with Crippen molar-refractivity contribution in [3.8, 4) is 0 Å². The van der Waals surface area contributed by atoms with Gasteiger partial charge in [0.1, 0.15) is 12.6 Å². The van der Waals surface area contributed by atoms with Crippen LogP contribution in [-0.2, 0) is 9.59 Å². The van der Waals surface area contributed by atoms with Crippen LogP contribution >= 0.6 is 0 Å². The Balaban J connectivity index is -0.000000153. The van der Waals surface area contributed by atoms with Crippen LogP contribution in [0.25, 0.3) is 0 Å². The Hall–Kier alpha value is -1.99. The maximum Gasteiger partial charge on any atom is 0.320 e. The van der Waals surface area contributed by atoms with E-state index in [0.29, 0.717) is 19.4 Å². The molecule has 28 heavy (non-hydrogen) atoms. The van der Waals surface area contributed by atoms with Gasteiger partial charge in [0.05, 0.1) is 40.5 Å². The molecule has 0 aliphatic rings. The summed E-state index contributed by atoms with van der Waals surface area (Å²) in [5.74, 6) is -1.32. The predicted octanol–water partition coefficient (Wildman–Crippen LogP) is -3.01. The highest BCUT2D eigenvalue weighted by Gasteiger charge is 2.09. The van der Waals surface area contributed by atoms with E-state index in [0.717, 1.165) is 11.0 Å². The second-order valence-corrected chi connectivity index (χ2v) is 6.77. The van der Waals surface area contributed by atoms with Crippen molar-refractivity contribution in [1.82, 2.24) is 0 Å². The number of nitrogens with two attached hydrogens (primary N) is 4. The summed E-state index contributed by atoms with van der Waals surface area (Å²) in [4.78, 5) is 23.1. The second kappa shape index (κ2) is 21.3. The molecule has 12 N–H and O–H groups in total. The fourth-order valence-electron chi connectivity index (χ4n) is 0.943. The molecule has 0 saturated carbocycles. The zero-order valence-electron chi connectivity index (χ0n) is 17.7. The number of hydrogen-bond acceptors (Lipinski definition) is 7. The number of carboxylic acids is 1. The molecular formula is C16H41N6O6+. The number of aliphatic carboxylic acids is 1. The van der Waals surface area contributed by atoms with Crippen molar-refractivity contribution in [2.24, 2.45) is 27.9 Å². The van der Waals surface area contributed by atoms with Gasteiger partial charge in [-0.05, 0) is 19.8 Å². The average Bonchev–Trinajstić information content (AvgIpc) is 2.50. The number of carboxylic acid groups (broad SMARTS) is 1. The summed E-state index contributed by atoms with van der Waals surface area (Å²) in [7, 11) is 6.16. The standard InChI is InChI=1S/C6H14N4O2.C5H14NO.C3H8O2.C2H5NO/c7-4(5(11)12)2-1-3-10-6(8)9;1-6(2,3)4-5-7;1-3(5)2-4;1-2(3)4/h4H,1-3,7H2,(H,11,12)(H4,8,9,10);7H,4-5H2,1-3H3;3-5H,2H2,1H3;1H3,(H2,3,4)/q;+1;;. The van der Waals surface area contributed by atoms with Crippen molar-refractivity contribution in [2.45, 2.75) is 38.8 Å². The lowest BCUT2D eigenvalue weighted by molar-refractivity contribution is -0.870. The van der Waals surface area contributed by atoms with E-state index in [4.69, 9.17) is 37.6 Å². The number of aliphatic hydroxyl groups excluding tert-OH is 3. The van der Waals surface area contributed by atoms with Crippen molar-refractivity contribution >= 4 is 17.8 Å². The molecular weight excluding hydrogens is 372 g/mol. The Morgan fingerprint density at radius 1 is 1.11 bits per heavy atom. The van der Waals surface area contributed by atoms with Gasteiger partial charge in [-0.3, -0.25) is 14.6 Å². The lowest BCUT2D eigenvalue weighted by atomic mass is 10.2. The quantitative estimate of drug-likeness (QED) is 0.0874. The summed E-state index contributed by atoms with van der Waals surface area (Å²) < 4.78 is 0.844. The molecule has 0 aromatic heterocycles. The van der Waals surface area contributed by atoms with Crippen molar-refractivity contribution in [3.63, 3.8) is 0 Å². The molecule has 0 aromatic rings. The Morgan fingerprint density at radius 3 is 1.68 bits per heavy atom. The van der Waals surface area contributed by atoms with Crippen LogP contribution in [0.3, 0.4) is 0 Å². The molecule has 0 heterocycles. The van der Waals surface area contributed by atoms with Crippen LogP contribution in [0, 0.1) is 0 Å². The molecule has 0 rings (SSSR count). The minimum absolute atomic E-state index is 0.0129. The van der Waals surface area contributed by atoms with E-state index >= 15 is 0 Å². The molecule has 0 bridgehead atoms. The van der Waals surface area contributed by atoms with Crippen LogP contribution < -0.4 is 22.9 Å². The van der Waals surface area contributed by atoms with E-state index in [1.54, 1.807) is 0 Å². The van der Waals surface area contributed by atoms with Crippen LogP contribution in [0.5, 0.6) is 0 Å². The van der Waals surface area contributed by atoms with E-state index < -0.39 is 18.1 Å². The number of nitrogens with zero attached hydrogens (tertiary/aromatic N) is 2. The van der Waals surface area contributed by atoms with Gasteiger partial charge >= 0.3 is 5.97 Å². The minimum atomic E-state index is -1.00. The Morgan fingerprint density at radius 2 is 1.50 bits per heavy atom. The molecule has 0 spiro atoms.